The molecule has 0 heterocycles. The van der Waals surface area contributed by atoms with Crippen molar-refractivity contribution in [2.45, 2.75) is 32.2 Å². The molecule has 0 atom stereocenters. The monoisotopic (exact) mass is 387 g/mol. The molecular formula is C17H19Cl2NO3S. The van der Waals surface area contributed by atoms with E-state index in [2.05, 4.69) is 4.72 Å². The van der Waals surface area contributed by atoms with Crippen LogP contribution in [0, 0.1) is 0 Å². The Labute approximate surface area is 152 Å². The summed E-state index contributed by atoms with van der Waals surface area (Å²) in [4.78, 5) is 0. The van der Waals surface area contributed by atoms with Crippen molar-refractivity contribution < 1.29 is 13.2 Å². The molecule has 0 radical (unpaired) electrons. The van der Waals surface area contributed by atoms with Crippen molar-refractivity contribution in [2.24, 2.45) is 0 Å². The minimum Gasteiger partial charge on any atom is -0.491 e. The zero-order chi connectivity index (χ0) is 17.7. The van der Waals surface area contributed by atoms with Gasteiger partial charge in [0.15, 0.2) is 0 Å². The minimum atomic E-state index is -3.47. The molecule has 1 N–H and O–H groups in total. The van der Waals surface area contributed by atoms with E-state index in [0.717, 1.165) is 11.3 Å². The number of rotatable bonds is 7. The van der Waals surface area contributed by atoms with Gasteiger partial charge in [0.05, 0.1) is 21.9 Å². The summed E-state index contributed by atoms with van der Waals surface area (Å²) >= 11 is 11.7. The predicted octanol–water partition coefficient (Wildman–Crippen LogP) is 4.40. The number of nitrogens with one attached hydrogen (secondary N) is 1. The Balaban J connectivity index is 1.95. The minimum absolute atomic E-state index is 0.0977. The van der Waals surface area contributed by atoms with E-state index in [1.165, 1.54) is 0 Å². The van der Waals surface area contributed by atoms with Crippen LogP contribution >= 0.6 is 23.2 Å². The first kappa shape index (κ1) is 19.1. The van der Waals surface area contributed by atoms with Crippen LogP contribution in [-0.2, 0) is 22.3 Å². The predicted molar refractivity (Wildman–Crippen MR) is 98.1 cm³/mol. The SMILES string of the molecule is CC(C)Oc1ccc(CNS(=O)(=O)Cc2ccc(Cl)c(Cl)c2)cc1. The number of ether oxygens (including phenoxy) is 1. The standard InChI is InChI=1S/C17H19Cl2NO3S/c1-12(2)23-15-6-3-13(4-7-15)10-20-24(21,22)11-14-5-8-16(18)17(19)9-14/h3-9,12,20H,10-11H2,1-2H3. The van der Waals surface area contributed by atoms with E-state index in [-0.39, 0.29) is 18.4 Å². The third kappa shape index (κ3) is 5.98. The zero-order valence-corrected chi connectivity index (χ0v) is 15.8. The molecular weight excluding hydrogens is 369 g/mol. The highest BCUT2D eigenvalue weighted by atomic mass is 35.5. The molecule has 0 saturated heterocycles. The summed E-state index contributed by atoms with van der Waals surface area (Å²) in [5, 5.41) is 0.736. The maximum atomic E-state index is 12.2. The molecule has 0 fully saturated rings. The van der Waals surface area contributed by atoms with Crippen LogP contribution in [0.1, 0.15) is 25.0 Å². The van der Waals surface area contributed by atoms with Gasteiger partial charge in [0.2, 0.25) is 10.0 Å². The second kappa shape index (κ2) is 8.21. The van der Waals surface area contributed by atoms with Crippen molar-refractivity contribution in [3.05, 3.63) is 63.6 Å². The lowest BCUT2D eigenvalue weighted by Crippen LogP contribution is -2.24. The van der Waals surface area contributed by atoms with Crippen LogP contribution in [0.4, 0.5) is 0 Å². The summed E-state index contributed by atoms with van der Waals surface area (Å²) in [5.74, 6) is 0.603. The highest BCUT2D eigenvalue weighted by molar-refractivity contribution is 7.88. The van der Waals surface area contributed by atoms with Crippen LogP contribution in [0.25, 0.3) is 0 Å². The average molecular weight is 388 g/mol. The average Bonchev–Trinajstić information content (AvgIpc) is 2.49. The van der Waals surface area contributed by atoms with Crippen molar-refractivity contribution in [3.63, 3.8) is 0 Å². The third-order valence-electron chi connectivity index (χ3n) is 3.13. The first-order valence-electron chi connectivity index (χ1n) is 7.42. The van der Waals surface area contributed by atoms with Crippen molar-refractivity contribution in [2.75, 3.05) is 0 Å². The van der Waals surface area contributed by atoms with Gasteiger partial charge >= 0.3 is 0 Å². The van der Waals surface area contributed by atoms with E-state index < -0.39 is 10.0 Å². The molecule has 2 aromatic carbocycles. The van der Waals surface area contributed by atoms with E-state index in [1.807, 2.05) is 38.1 Å². The Hall–Kier alpha value is -1.27. The van der Waals surface area contributed by atoms with Gasteiger partial charge in [-0.25, -0.2) is 13.1 Å². The molecule has 0 unspecified atom stereocenters. The van der Waals surface area contributed by atoms with E-state index >= 15 is 0 Å². The molecule has 0 spiro atoms. The third-order valence-corrected chi connectivity index (χ3v) is 5.17. The molecule has 7 heteroatoms. The summed E-state index contributed by atoms with van der Waals surface area (Å²) in [7, 11) is -3.47. The summed E-state index contributed by atoms with van der Waals surface area (Å²) < 4.78 is 32.5. The smallest absolute Gasteiger partial charge is 0.216 e. The number of hydrogen-bond acceptors (Lipinski definition) is 3. The molecule has 0 aliphatic heterocycles. The van der Waals surface area contributed by atoms with Crippen molar-refractivity contribution in [1.29, 1.82) is 0 Å². The molecule has 0 aromatic heterocycles. The van der Waals surface area contributed by atoms with Gasteiger partial charge in [-0.2, -0.15) is 0 Å². The van der Waals surface area contributed by atoms with Crippen LogP contribution in [-0.4, -0.2) is 14.5 Å². The summed E-state index contributed by atoms with van der Waals surface area (Å²) in [6.07, 6.45) is 0.0977. The molecule has 4 nitrogen and oxygen atoms in total. The number of halogens is 2. The van der Waals surface area contributed by atoms with E-state index in [1.54, 1.807) is 18.2 Å². The fourth-order valence-corrected chi connectivity index (χ4v) is 3.48. The van der Waals surface area contributed by atoms with Crippen LogP contribution in [0.5, 0.6) is 5.75 Å². The highest BCUT2D eigenvalue weighted by Gasteiger charge is 2.12. The number of hydrogen-bond donors (Lipinski definition) is 1. The molecule has 0 saturated carbocycles. The topological polar surface area (TPSA) is 55.4 Å². The Bertz CT molecular complexity index is 790. The lowest BCUT2D eigenvalue weighted by atomic mass is 10.2. The summed E-state index contributed by atoms with van der Waals surface area (Å²) in [5.41, 5.74) is 1.43. The van der Waals surface area contributed by atoms with Gasteiger partial charge in [0, 0.05) is 6.54 Å². The fraction of sp³-hybridized carbons (Fsp3) is 0.294. The maximum absolute atomic E-state index is 12.2. The highest BCUT2D eigenvalue weighted by Crippen LogP contribution is 2.23. The quantitative estimate of drug-likeness (QED) is 0.765. The van der Waals surface area contributed by atoms with Gasteiger partial charge in [0.1, 0.15) is 5.75 Å². The number of sulfonamides is 1. The second-order valence-corrected chi connectivity index (χ2v) is 8.26. The van der Waals surface area contributed by atoms with Crippen LogP contribution in [0.2, 0.25) is 10.0 Å². The van der Waals surface area contributed by atoms with Gasteiger partial charge in [0.25, 0.3) is 0 Å². The van der Waals surface area contributed by atoms with Gasteiger partial charge in [-0.05, 0) is 49.2 Å². The molecule has 2 aromatic rings. The first-order chi connectivity index (χ1) is 11.2. The molecule has 0 aliphatic carbocycles. The van der Waals surface area contributed by atoms with Crippen LogP contribution in [0.3, 0.4) is 0 Å². The zero-order valence-electron chi connectivity index (χ0n) is 13.4. The normalized spacial score (nSPS) is 11.7. The van der Waals surface area contributed by atoms with Gasteiger partial charge in [-0.3, -0.25) is 0 Å². The molecule has 0 amide bonds. The maximum Gasteiger partial charge on any atom is 0.216 e. The molecule has 0 bridgehead atoms. The van der Waals surface area contributed by atoms with Gasteiger partial charge < -0.3 is 4.74 Å². The second-order valence-electron chi connectivity index (χ2n) is 5.64. The van der Waals surface area contributed by atoms with Gasteiger partial charge in [-0.1, -0.05) is 41.4 Å². The van der Waals surface area contributed by atoms with Crippen LogP contribution < -0.4 is 9.46 Å². The summed E-state index contributed by atoms with van der Waals surface area (Å²) in [6.45, 7) is 4.11. The largest absolute Gasteiger partial charge is 0.491 e. The van der Waals surface area contributed by atoms with E-state index in [0.29, 0.717) is 15.6 Å². The van der Waals surface area contributed by atoms with Crippen LogP contribution in [0.15, 0.2) is 42.5 Å². The van der Waals surface area contributed by atoms with E-state index in [4.69, 9.17) is 27.9 Å². The number of benzene rings is 2. The Kier molecular flexibility index (Phi) is 6.52. The molecule has 24 heavy (non-hydrogen) atoms. The Morgan fingerprint density at radius 1 is 1.00 bits per heavy atom. The summed E-state index contributed by atoms with van der Waals surface area (Å²) in [6, 6.07) is 12.1. The van der Waals surface area contributed by atoms with E-state index in [9.17, 15) is 8.42 Å². The lowest BCUT2D eigenvalue weighted by molar-refractivity contribution is 0.242. The lowest BCUT2D eigenvalue weighted by Gasteiger charge is -2.11. The van der Waals surface area contributed by atoms with Gasteiger partial charge in [-0.15, -0.1) is 0 Å². The van der Waals surface area contributed by atoms with Crippen molar-refractivity contribution in [1.82, 2.24) is 4.72 Å². The van der Waals surface area contributed by atoms with Crippen molar-refractivity contribution >= 4 is 33.2 Å². The molecule has 0 aliphatic rings. The molecule has 130 valence electrons. The Morgan fingerprint density at radius 3 is 2.21 bits per heavy atom. The van der Waals surface area contributed by atoms with Crippen molar-refractivity contribution in [3.8, 4) is 5.75 Å². The Morgan fingerprint density at radius 2 is 1.62 bits per heavy atom. The fourth-order valence-electron chi connectivity index (χ4n) is 2.05. The molecule has 2 rings (SSSR count). The first-order valence-corrected chi connectivity index (χ1v) is 9.83.